The van der Waals surface area contributed by atoms with Gasteiger partial charge in [-0.05, 0) is 18.3 Å². The van der Waals surface area contributed by atoms with Gasteiger partial charge in [0.25, 0.3) is 0 Å². The fraction of sp³-hybridized carbons (Fsp3) is 1.00. The predicted octanol–water partition coefficient (Wildman–Crippen LogP) is 2.91. The summed E-state index contributed by atoms with van der Waals surface area (Å²) in [5, 5.41) is 8.53. The van der Waals surface area contributed by atoms with Crippen molar-refractivity contribution in [2.45, 2.75) is 46.5 Å². The Bertz CT molecular complexity index is 263. The molecule has 158 valence electrons. The molecule has 0 rings (SSSR count). The third kappa shape index (κ3) is 21.8. The van der Waals surface area contributed by atoms with Gasteiger partial charge in [-0.3, -0.25) is 0 Å². The minimum absolute atomic E-state index is 0.0473. The van der Waals surface area contributed by atoms with E-state index < -0.39 is 0 Å². The predicted molar refractivity (Wildman–Crippen MR) is 104 cm³/mol. The van der Waals surface area contributed by atoms with E-state index in [1.807, 2.05) is 0 Å². The Hall–Kier alpha value is -0.240. The van der Waals surface area contributed by atoms with E-state index in [9.17, 15) is 0 Å². The first-order chi connectivity index (χ1) is 12.7. The van der Waals surface area contributed by atoms with E-state index in [-0.39, 0.29) is 6.61 Å². The minimum Gasteiger partial charge on any atom is -0.394 e. The zero-order chi connectivity index (χ0) is 19.3. The van der Waals surface area contributed by atoms with Gasteiger partial charge in [0.1, 0.15) is 0 Å². The van der Waals surface area contributed by atoms with Gasteiger partial charge in [0.15, 0.2) is 0 Å². The molecule has 0 spiro atoms. The second-order valence-electron chi connectivity index (χ2n) is 7.00. The normalized spacial score (nSPS) is 12.8. The van der Waals surface area contributed by atoms with Crippen LogP contribution in [0.5, 0.6) is 0 Å². The third-order valence-corrected chi connectivity index (χ3v) is 3.96. The van der Waals surface area contributed by atoms with Gasteiger partial charge in [-0.15, -0.1) is 0 Å². The minimum atomic E-state index is 0.0473. The van der Waals surface area contributed by atoms with Gasteiger partial charge in [0, 0.05) is 6.61 Å². The van der Waals surface area contributed by atoms with Gasteiger partial charge in [-0.25, -0.2) is 0 Å². The van der Waals surface area contributed by atoms with Crippen molar-refractivity contribution in [1.29, 1.82) is 0 Å². The van der Waals surface area contributed by atoms with Crippen LogP contribution in [-0.2, 0) is 23.7 Å². The molecule has 0 aromatic rings. The Labute approximate surface area is 160 Å². The molecule has 1 N–H and O–H groups in total. The summed E-state index contributed by atoms with van der Waals surface area (Å²) in [5.41, 5.74) is 0. The summed E-state index contributed by atoms with van der Waals surface area (Å²) in [6.07, 6.45) is 5.08. The lowest BCUT2D eigenvalue weighted by Crippen LogP contribution is -2.14. The van der Waals surface area contributed by atoms with Crippen LogP contribution in [0.2, 0.25) is 0 Å². The maximum absolute atomic E-state index is 8.53. The highest BCUT2D eigenvalue weighted by atomic mass is 16.6. The molecule has 0 radical (unpaired) electrons. The van der Waals surface area contributed by atoms with Crippen molar-refractivity contribution in [2.75, 3.05) is 72.7 Å². The van der Waals surface area contributed by atoms with Crippen LogP contribution in [-0.4, -0.2) is 77.8 Å². The molecule has 26 heavy (non-hydrogen) atoms. The maximum atomic E-state index is 8.53. The van der Waals surface area contributed by atoms with E-state index in [0.29, 0.717) is 59.5 Å². The van der Waals surface area contributed by atoms with Crippen LogP contribution in [0.4, 0.5) is 0 Å². The molecule has 1 atom stereocenters. The van der Waals surface area contributed by atoms with Crippen molar-refractivity contribution >= 4 is 0 Å². The zero-order valence-corrected chi connectivity index (χ0v) is 17.2. The molecule has 0 saturated carbocycles. The van der Waals surface area contributed by atoms with Crippen LogP contribution in [0.3, 0.4) is 0 Å². The van der Waals surface area contributed by atoms with Gasteiger partial charge in [0.2, 0.25) is 0 Å². The second-order valence-corrected chi connectivity index (χ2v) is 7.00. The molecule has 1 unspecified atom stereocenters. The van der Waals surface area contributed by atoms with E-state index in [1.165, 1.54) is 19.3 Å². The molecule has 0 aliphatic carbocycles. The van der Waals surface area contributed by atoms with E-state index in [4.69, 9.17) is 28.8 Å². The quantitative estimate of drug-likeness (QED) is 0.310. The lowest BCUT2D eigenvalue weighted by molar-refractivity contribution is -0.0138. The molecule has 0 heterocycles. The smallest absolute Gasteiger partial charge is 0.0701 e. The topological polar surface area (TPSA) is 66.4 Å². The van der Waals surface area contributed by atoms with Gasteiger partial charge in [-0.1, -0.05) is 40.0 Å². The van der Waals surface area contributed by atoms with Crippen LogP contribution in [0.1, 0.15) is 46.5 Å². The van der Waals surface area contributed by atoms with Gasteiger partial charge < -0.3 is 28.8 Å². The molecule has 0 fully saturated rings. The molecule has 0 saturated heterocycles. The zero-order valence-electron chi connectivity index (χ0n) is 17.2. The highest BCUT2D eigenvalue weighted by molar-refractivity contribution is 4.55. The highest BCUT2D eigenvalue weighted by Gasteiger charge is 2.03. The number of rotatable bonds is 21. The molecule has 0 aliphatic heterocycles. The van der Waals surface area contributed by atoms with Crippen molar-refractivity contribution in [2.24, 2.45) is 11.8 Å². The van der Waals surface area contributed by atoms with Crippen molar-refractivity contribution in [3.05, 3.63) is 0 Å². The number of hydrogen-bond acceptors (Lipinski definition) is 6. The Morgan fingerprint density at radius 1 is 0.538 bits per heavy atom. The summed E-state index contributed by atoms with van der Waals surface area (Å²) >= 11 is 0. The van der Waals surface area contributed by atoms with Crippen molar-refractivity contribution < 1.29 is 28.8 Å². The van der Waals surface area contributed by atoms with Crippen molar-refractivity contribution in [3.8, 4) is 0 Å². The number of aliphatic hydroxyl groups excluding tert-OH is 1. The number of aliphatic hydroxyl groups is 1. The largest absolute Gasteiger partial charge is 0.394 e. The van der Waals surface area contributed by atoms with Gasteiger partial charge in [0.05, 0.1) is 66.1 Å². The van der Waals surface area contributed by atoms with E-state index >= 15 is 0 Å². The summed E-state index contributed by atoms with van der Waals surface area (Å²) in [6.45, 7) is 12.6. The fourth-order valence-electron chi connectivity index (χ4n) is 2.35. The Balaban J connectivity index is 3.09. The maximum Gasteiger partial charge on any atom is 0.0701 e. The molecular formula is C20H42O6. The van der Waals surface area contributed by atoms with Crippen LogP contribution >= 0.6 is 0 Å². The number of ether oxygens (including phenoxy) is 5. The summed E-state index contributed by atoms with van der Waals surface area (Å²) in [5.74, 6) is 1.55. The molecule has 0 amide bonds. The highest BCUT2D eigenvalue weighted by Crippen LogP contribution is 2.14. The fourth-order valence-corrected chi connectivity index (χ4v) is 2.35. The average Bonchev–Trinajstić information content (AvgIpc) is 2.61. The standard InChI is InChI=1S/C20H42O6/c1-19(2)5-4-6-20(3)7-9-22-11-13-24-15-17-26-18-16-25-14-12-23-10-8-21/h19-21H,4-18H2,1-3H3. The van der Waals surface area contributed by atoms with Crippen LogP contribution in [0.15, 0.2) is 0 Å². The molecule has 0 aromatic carbocycles. The molecule has 0 bridgehead atoms. The summed E-state index contributed by atoms with van der Waals surface area (Å²) in [6, 6.07) is 0. The lowest BCUT2D eigenvalue weighted by Gasteiger charge is -2.12. The van der Waals surface area contributed by atoms with E-state index in [1.54, 1.807) is 0 Å². The average molecular weight is 379 g/mol. The molecule has 0 aliphatic rings. The molecular weight excluding hydrogens is 336 g/mol. The second kappa shape index (κ2) is 21.1. The SMILES string of the molecule is CC(C)CCCC(C)CCOCCOCCOCCOCCOCCO. The Morgan fingerprint density at radius 3 is 1.38 bits per heavy atom. The van der Waals surface area contributed by atoms with Crippen LogP contribution in [0, 0.1) is 11.8 Å². The first kappa shape index (κ1) is 25.8. The Kier molecular flexibility index (Phi) is 20.9. The van der Waals surface area contributed by atoms with E-state index in [0.717, 1.165) is 24.9 Å². The first-order valence-electron chi connectivity index (χ1n) is 10.2. The van der Waals surface area contributed by atoms with Crippen LogP contribution < -0.4 is 0 Å². The van der Waals surface area contributed by atoms with Crippen LogP contribution in [0.25, 0.3) is 0 Å². The summed E-state index contributed by atoms with van der Waals surface area (Å²) in [4.78, 5) is 0. The summed E-state index contributed by atoms with van der Waals surface area (Å²) < 4.78 is 26.9. The molecule has 6 nitrogen and oxygen atoms in total. The third-order valence-electron chi connectivity index (χ3n) is 3.96. The Morgan fingerprint density at radius 2 is 0.962 bits per heavy atom. The van der Waals surface area contributed by atoms with Crippen molar-refractivity contribution in [3.63, 3.8) is 0 Å². The summed E-state index contributed by atoms with van der Waals surface area (Å²) in [7, 11) is 0. The van der Waals surface area contributed by atoms with E-state index in [2.05, 4.69) is 20.8 Å². The van der Waals surface area contributed by atoms with Gasteiger partial charge >= 0.3 is 0 Å². The lowest BCUT2D eigenvalue weighted by atomic mass is 9.98. The number of hydrogen-bond donors (Lipinski definition) is 1. The first-order valence-corrected chi connectivity index (χ1v) is 10.2. The van der Waals surface area contributed by atoms with Gasteiger partial charge in [-0.2, -0.15) is 0 Å². The monoisotopic (exact) mass is 378 g/mol. The van der Waals surface area contributed by atoms with Crippen molar-refractivity contribution in [1.82, 2.24) is 0 Å². The molecule has 0 aromatic heterocycles. The molecule has 6 heteroatoms.